The van der Waals surface area contributed by atoms with Crippen LogP contribution in [0.15, 0.2) is 48.5 Å². The third-order valence-electron chi connectivity index (χ3n) is 4.75. The van der Waals surface area contributed by atoms with Crippen LogP contribution in [0, 0.1) is 0 Å². The molecule has 2 atom stereocenters. The molecule has 2 rings (SSSR count). The number of hydrogen-bond donors (Lipinski definition) is 0. The minimum atomic E-state index is 0.538. The normalized spacial score (nSPS) is 13.4. The SMILES string of the molecule is CC[C@H](c1ccc(N(C)C)cc1)[C@@H](CC)c1ccc(OC)cc1. The molecule has 2 aromatic rings. The Kier molecular flexibility index (Phi) is 6.09. The third-order valence-corrected chi connectivity index (χ3v) is 4.75. The van der Waals surface area contributed by atoms with Gasteiger partial charge in [0, 0.05) is 19.8 Å². The van der Waals surface area contributed by atoms with Crippen molar-refractivity contribution in [2.24, 2.45) is 0 Å². The van der Waals surface area contributed by atoms with E-state index in [4.69, 9.17) is 4.74 Å². The highest BCUT2D eigenvalue weighted by Gasteiger charge is 2.22. The fraction of sp³-hybridized carbons (Fsp3) is 0.429. The fourth-order valence-electron chi connectivity index (χ4n) is 3.38. The first-order valence-corrected chi connectivity index (χ1v) is 8.51. The molecule has 0 saturated heterocycles. The molecule has 0 aliphatic rings. The topological polar surface area (TPSA) is 12.5 Å². The molecule has 0 aliphatic carbocycles. The van der Waals surface area contributed by atoms with Crippen LogP contribution in [0.1, 0.15) is 49.7 Å². The zero-order valence-corrected chi connectivity index (χ0v) is 15.0. The standard InChI is InChI=1S/C21H29NO/c1-6-20(16-8-12-18(13-9-16)22(3)4)21(7-2)17-10-14-19(23-5)15-11-17/h8-15,20-21H,6-7H2,1-5H3/t20-,21+/m1/s1. The first kappa shape index (κ1) is 17.4. The number of anilines is 1. The minimum absolute atomic E-state index is 0.538. The first-order chi connectivity index (χ1) is 11.1. The fourth-order valence-corrected chi connectivity index (χ4v) is 3.38. The molecular formula is C21H29NO. The molecule has 0 spiro atoms. The number of nitrogens with zero attached hydrogens (tertiary/aromatic N) is 1. The molecule has 0 bridgehead atoms. The van der Waals surface area contributed by atoms with E-state index in [0.717, 1.165) is 18.6 Å². The highest BCUT2D eigenvalue weighted by Crippen LogP contribution is 2.38. The average Bonchev–Trinajstić information content (AvgIpc) is 2.60. The van der Waals surface area contributed by atoms with Crippen LogP contribution in [-0.2, 0) is 0 Å². The number of rotatable bonds is 7. The number of benzene rings is 2. The second-order valence-electron chi connectivity index (χ2n) is 6.29. The van der Waals surface area contributed by atoms with Gasteiger partial charge in [-0.15, -0.1) is 0 Å². The zero-order valence-electron chi connectivity index (χ0n) is 15.0. The molecule has 0 amide bonds. The van der Waals surface area contributed by atoms with Crippen LogP contribution in [0.3, 0.4) is 0 Å². The number of hydrogen-bond acceptors (Lipinski definition) is 2. The lowest BCUT2D eigenvalue weighted by Crippen LogP contribution is -2.12. The molecule has 0 N–H and O–H groups in total. The van der Waals surface area contributed by atoms with E-state index >= 15 is 0 Å². The first-order valence-electron chi connectivity index (χ1n) is 8.51. The molecule has 0 aliphatic heterocycles. The molecule has 0 radical (unpaired) electrons. The Morgan fingerprint density at radius 3 is 1.57 bits per heavy atom. The molecule has 0 saturated carbocycles. The second kappa shape index (κ2) is 8.05. The summed E-state index contributed by atoms with van der Waals surface area (Å²) in [5.41, 5.74) is 4.08. The summed E-state index contributed by atoms with van der Waals surface area (Å²) >= 11 is 0. The molecule has 0 unspecified atom stereocenters. The van der Waals surface area contributed by atoms with Gasteiger partial charge in [-0.05, 0) is 60.1 Å². The Balaban J connectivity index is 2.28. The van der Waals surface area contributed by atoms with Crippen LogP contribution in [-0.4, -0.2) is 21.2 Å². The summed E-state index contributed by atoms with van der Waals surface area (Å²) in [5.74, 6) is 2.01. The van der Waals surface area contributed by atoms with Gasteiger partial charge in [0.1, 0.15) is 5.75 Å². The van der Waals surface area contributed by atoms with Crippen LogP contribution < -0.4 is 9.64 Å². The van der Waals surface area contributed by atoms with Gasteiger partial charge in [0.2, 0.25) is 0 Å². The van der Waals surface area contributed by atoms with Crippen LogP contribution in [0.25, 0.3) is 0 Å². The summed E-state index contributed by atoms with van der Waals surface area (Å²) in [4.78, 5) is 2.14. The lowest BCUT2D eigenvalue weighted by molar-refractivity contribution is 0.414. The predicted molar refractivity (Wildman–Crippen MR) is 99.8 cm³/mol. The van der Waals surface area contributed by atoms with Crippen molar-refractivity contribution in [1.29, 1.82) is 0 Å². The van der Waals surface area contributed by atoms with Gasteiger partial charge < -0.3 is 9.64 Å². The van der Waals surface area contributed by atoms with Gasteiger partial charge in [-0.1, -0.05) is 38.1 Å². The van der Waals surface area contributed by atoms with Crippen molar-refractivity contribution in [2.45, 2.75) is 38.5 Å². The highest BCUT2D eigenvalue weighted by atomic mass is 16.5. The Morgan fingerprint density at radius 1 is 0.783 bits per heavy atom. The molecular weight excluding hydrogens is 282 g/mol. The summed E-state index contributed by atoms with van der Waals surface area (Å²) in [6.45, 7) is 4.57. The van der Waals surface area contributed by atoms with E-state index in [1.54, 1.807) is 7.11 Å². The van der Waals surface area contributed by atoms with Crippen molar-refractivity contribution in [1.82, 2.24) is 0 Å². The quantitative estimate of drug-likeness (QED) is 0.674. The molecule has 0 heterocycles. The van der Waals surface area contributed by atoms with E-state index in [1.165, 1.54) is 16.8 Å². The molecule has 0 fully saturated rings. The highest BCUT2D eigenvalue weighted by molar-refractivity contribution is 5.47. The Bertz CT molecular complexity index is 586. The molecule has 2 aromatic carbocycles. The summed E-state index contributed by atoms with van der Waals surface area (Å²) < 4.78 is 5.28. The lowest BCUT2D eigenvalue weighted by Gasteiger charge is -2.27. The van der Waals surface area contributed by atoms with Gasteiger partial charge in [0.25, 0.3) is 0 Å². The van der Waals surface area contributed by atoms with Crippen LogP contribution in [0.5, 0.6) is 5.75 Å². The largest absolute Gasteiger partial charge is 0.497 e. The summed E-state index contributed by atoms with van der Waals surface area (Å²) in [6.07, 6.45) is 2.28. The summed E-state index contributed by atoms with van der Waals surface area (Å²) in [5, 5.41) is 0. The Labute approximate surface area is 141 Å². The minimum Gasteiger partial charge on any atom is -0.497 e. The third kappa shape index (κ3) is 4.07. The zero-order chi connectivity index (χ0) is 16.8. The molecule has 2 heteroatoms. The van der Waals surface area contributed by atoms with Gasteiger partial charge in [0.15, 0.2) is 0 Å². The maximum absolute atomic E-state index is 5.28. The maximum Gasteiger partial charge on any atom is 0.118 e. The smallest absolute Gasteiger partial charge is 0.118 e. The maximum atomic E-state index is 5.28. The van der Waals surface area contributed by atoms with Crippen molar-refractivity contribution in [2.75, 3.05) is 26.1 Å². The molecule has 0 aromatic heterocycles. The monoisotopic (exact) mass is 311 g/mol. The van der Waals surface area contributed by atoms with Gasteiger partial charge in [0.05, 0.1) is 7.11 Å². The summed E-state index contributed by atoms with van der Waals surface area (Å²) in [7, 11) is 5.88. The van der Waals surface area contributed by atoms with Crippen molar-refractivity contribution in [3.63, 3.8) is 0 Å². The average molecular weight is 311 g/mol. The van der Waals surface area contributed by atoms with E-state index in [0.29, 0.717) is 11.8 Å². The van der Waals surface area contributed by atoms with Gasteiger partial charge in [-0.3, -0.25) is 0 Å². The number of methoxy groups -OCH3 is 1. The Morgan fingerprint density at radius 2 is 1.22 bits per heavy atom. The van der Waals surface area contributed by atoms with Gasteiger partial charge >= 0.3 is 0 Å². The van der Waals surface area contributed by atoms with Crippen LogP contribution in [0.2, 0.25) is 0 Å². The van der Waals surface area contributed by atoms with Crippen LogP contribution >= 0.6 is 0 Å². The lowest BCUT2D eigenvalue weighted by atomic mass is 9.78. The summed E-state index contributed by atoms with van der Waals surface area (Å²) in [6, 6.07) is 17.6. The predicted octanol–water partition coefficient (Wildman–Crippen LogP) is 5.45. The van der Waals surface area contributed by atoms with Crippen molar-refractivity contribution < 1.29 is 4.74 Å². The van der Waals surface area contributed by atoms with E-state index in [-0.39, 0.29) is 0 Å². The molecule has 124 valence electrons. The second-order valence-corrected chi connectivity index (χ2v) is 6.29. The van der Waals surface area contributed by atoms with E-state index in [2.05, 4.69) is 81.4 Å². The van der Waals surface area contributed by atoms with Crippen molar-refractivity contribution in [3.8, 4) is 5.75 Å². The molecule has 23 heavy (non-hydrogen) atoms. The van der Waals surface area contributed by atoms with Crippen molar-refractivity contribution >= 4 is 5.69 Å². The van der Waals surface area contributed by atoms with E-state index in [1.807, 2.05) is 0 Å². The molecule has 2 nitrogen and oxygen atoms in total. The van der Waals surface area contributed by atoms with E-state index < -0.39 is 0 Å². The number of ether oxygens (including phenoxy) is 1. The van der Waals surface area contributed by atoms with Gasteiger partial charge in [-0.2, -0.15) is 0 Å². The van der Waals surface area contributed by atoms with Crippen LogP contribution in [0.4, 0.5) is 5.69 Å². The van der Waals surface area contributed by atoms with Gasteiger partial charge in [-0.25, -0.2) is 0 Å². The van der Waals surface area contributed by atoms with E-state index in [9.17, 15) is 0 Å². The Hall–Kier alpha value is -1.96. The van der Waals surface area contributed by atoms with Crippen molar-refractivity contribution in [3.05, 3.63) is 59.7 Å².